The summed E-state index contributed by atoms with van der Waals surface area (Å²) >= 11 is 0. The minimum atomic E-state index is -4.25. The molecule has 1 saturated carbocycles. The number of hydrogen-bond donors (Lipinski definition) is 1. The van der Waals surface area contributed by atoms with Gasteiger partial charge in [-0.2, -0.15) is 13.2 Å². The number of aromatic carboxylic acids is 1. The van der Waals surface area contributed by atoms with E-state index in [1.807, 2.05) is 0 Å². The second kappa shape index (κ2) is 5.71. The van der Waals surface area contributed by atoms with Crippen molar-refractivity contribution in [3.63, 3.8) is 0 Å². The minimum absolute atomic E-state index is 0.00707. The number of likely N-dealkylation sites (tertiary alicyclic amines) is 1. The molecule has 1 spiro atoms. The van der Waals surface area contributed by atoms with E-state index in [0.717, 1.165) is 18.8 Å². The molecule has 6 nitrogen and oxygen atoms in total. The highest BCUT2D eigenvalue weighted by Gasteiger charge is 2.58. The molecular weight excluding hydrogens is 327 g/mol. The summed E-state index contributed by atoms with van der Waals surface area (Å²) in [7, 11) is 0. The molecule has 2 aliphatic rings. The highest BCUT2D eigenvalue weighted by molar-refractivity contribution is 5.92. The van der Waals surface area contributed by atoms with E-state index in [1.54, 1.807) is 0 Å². The molecule has 0 aromatic carbocycles. The highest BCUT2D eigenvalue weighted by Crippen LogP contribution is 2.56. The first-order valence-corrected chi connectivity index (χ1v) is 7.64. The lowest BCUT2D eigenvalue weighted by Gasteiger charge is -2.54. The number of carbonyl (C=O) groups is 2. The van der Waals surface area contributed by atoms with Crippen LogP contribution in [0.2, 0.25) is 0 Å². The monoisotopic (exact) mass is 343 g/mol. The van der Waals surface area contributed by atoms with Crippen LogP contribution in [0.25, 0.3) is 0 Å². The Morgan fingerprint density at radius 1 is 1.21 bits per heavy atom. The normalized spacial score (nSPS) is 23.0. The van der Waals surface area contributed by atoms with Gasteiger partial charge in [-0.3, -0.25) is 4.79 Å². The van der Waals surface area contributed by atoms with E-state index < -0.39 is 29.4 Å². The third kappa shape index (κ3) is 2.83. The fourth-order valence-electron chi connectivity index (χ4n) is 3.69. The van der Waals surface area contributed by atoms with Crippen LogP contribution in [0.15, 0.2) is 12.4 Å². The van der Waals surface area contributed by atoms with Crippen LogP contribution >= 0.6 is 0 Å². The van der Waals surface area contributed by atoms with E-state index >= 15 is 0 Å². The van der Waals surface area contributed by atoms with E-state index in [2.05, 4.69) is 9.97 Å². The van der Waals surface area contributed by atoms with E-state index in [1.165, 1.54) is 4.90 Å². The van der Waals surface area contributed by atoms with Gasteiger partial charge in [-0.15, -0.1) is 0 Å². The zero-order valence-electron chi connectivity index (χ0n) is 12.7. The van der Waals surface area contributed by atoms with Gasteiger partial charge in [-0.05, 0) is 24.7 Å². The molecule has 1 N–H and O–H groups in total. The standard InChI is InChI=1S/C15H16F3N3O3/c16-15(17,18)11-2-5-21(8-14(11)3-1-4-14)12(22)9-6-20-10(7-19-9)13(23)24/h6-7,11H,1-5,8H2,(H,23,24). The lowest BCUT2D eigenvalue weighted by molar-refractivity contribution is -0.235. The number of halogens is 3. The summed E-state index contributed by atoms with van der Waals surface area (Å²) in [5.74, 6) is -3.14. The summed E-state index contributed by atoms with van der Waals surface area (Å²) < 4.78 is 39.7. The number of nitrogens with zero attached hydrogens (tertiary/aromatic N) is 3. The highest BCUT2D eigenvalue weighted by atomic mass is 19.4. The van der Waals surface area contributed by atoms with Crippen molar-refractivity contribution in [1.29, 1.82) is 0 Å². The average Bonchev–Trinajstić information content (AvgIpc) is 2.51. The second-order valence-electron chi connectivity index (χ2n) is 6.42. The number of rotatable bonds is 2. The number of alkyl halides is 3. The van der Waals surface area contributed by atoms with Crippen molar-refractivity contribution in [1.82, 2.24) is 14.9 Å². The number of amides is 1. The van der Waals surface area contributed by atoms with Crippen LogP contribution in [0.4, 0.5) is 13.2 Å². The molecule has 1 aliphatic heterocycles. The maximum atomic E-state index is 13.2. The van der Waals surface area contributed by atoms with E-state index in [4.69, 9.17) is 5.11 Å². The number of aromatic nitrogens is 2. The van der Waals surface area contributed by atoms with Crippen molar-refractivity contribution in [2.24, 2.45) is 11.3 Å². The first-order valence-electron chi connectivity index (χ1n) is 7.64. The summed E-state index contributed by atoms with van der Waals surface area (Å²) in [4.78, 5) is 32.0. The number of carboxylic acids is 1. The molecule has 1 saturated heterocycles. The van der Waals surface area contributed by atoms with Crippen LogP contribution in [0.5, 0.6) is 0 Å². The Hall–Kier alpha value is -2.19. The summed E-state index contributed by atoms with van der Waals surface area (Å²) in [6.45, 7) is 0.0610. The van der Waals surface area contributed by atoms with Crippen molar-refractivity contribution in [2.45, 2.75) is 31.9 Å². The largest absolute Gasteiger partial charge is 0.476 e. The predicted octanol–water partition coefficient (Wildman–Crippen LogP) is 2.37. The topological polar surface area (TPSA) is 83.4 Å². The van der Waals surface area contributed by atoms with E-state index in [-0.39, 0.29) is 30.9 Å². The number of carbonyl (C=O) groups excluding carboxylic acids is 1. The van der Waals surface area contributed by atoms with Crippen LogP contribution in [0, 0.1) is 11.3 Å². The summed E-state index contributed by atoms with van der Waals surface area (Å²) in [6, 6.07) is 0. The van der Waals surface area contributed by atoms with Crippen molar-refractivity contribution >= 4 is 11.9 Å². The molecule has 1 aromatic rings. The molecule has 9 heteroatoms. The second-order valence-corrected chi connectivity index (χ2v) is 6.42. The van der Waals surface area contributed by atoms with Gasteiger partial charge in [0.2, 0.25) is 0 Å². The Balaban J connectivity index is 1.76. The Bertz CT molecular complexity index is 656. The fourth-order valence-corrected chi connectivity index (χ4v) is 3.69. The molecule has 1 aliphatic carbocycles. The van der Waals surface area contributed by atoms with Gasteiger partial charge >= 0.3 is 12.1 Å². The summed E-state index contributed by atoms with van der Waals surface area (Å²) in [5, 5.41) is 8.77. The van der Waals surface area contributed by atoms with Crippen LogP contribution in [-0.4, -0.2) is 51.1 Å². The molecule has 3 rings (SSSR count). The zero-order valence-corrected chi connectivity index (χ0v) is 12.7. The molecule has 24 heavy (non-hydrogen) atoms. The van der Waals surface area contributed by atoms with Gasteiger partial charge in [0.15, 0.2) is 5.69 Å². The lowest BCUT2D eigenvalue weighted by Crippen LogP contribution is -2.57. The molecule has 1 aromatic heterocycles. The SMILES string of the molecule is O=C(O)c1cnc(C(=O)N2CCC(C(F)(F)F)C3(CCC3)C2)cn1. The van der Waals surface area contributed by atoms with Gasteiger partial charge in [-0.1, -0.05) is 6.42 Å². The number of carboxylic acid groups (broad SMARTS) is 1. The van der Waals surface area contributed by atoms with Crippen LogP contribution in [0.3, 0.4) is 0 Å². The molecule has 1 amide bonds. The van der Waals surface area contributed by atoms with Gasteiger partial charge in [-0.25, -0.2) is 14.8 Å². The van der Waals surface area contributed by atoms with Gasteiger partial charge in [0.25, 0.3) is 5.91 Å². The first-order chi connectivity index (χ1) is 11.2. The van der Waals surface area contributed by atoms with Crippen LogP contribution < -0.4 is 0 Å². The van der Waals surface area contributed by atoms with Gasteiger partial charge in [0.05, 0.1) is 18.3 Å². The molecule has 130 valence electrons. The quantitative estimate of drug-likeness (QED) is 0.891. The smallest absolute Gasteiger partial charge is 0.392 e. The van der Waals surface area contributed by atoms with Crippen molar-refractivity contribution < 1.29 is 27.9 Å². The van der Waals surface area contributed by atoms with Gasteiger partial charge in [0.1, 0.15) is 5.69 Å². The van der Waals surface area contributed by atoms with Gasteiger partial charge in [0, 0.05) is 13.1 Å². The Labute approximate surface area is 135 Å². The number of hydrogen-bond acceptors (Lipinski definition) is 4. The Morgan fingerprint density at radius 3 is 2.29 bits per heavy atom. The lowest BCUT2D eigenvalue weighted by atomic mass is 9.58. The fraction of sp³-hybridized carbons (Fsp3) is 0.600. The Morgan fingerprint density at radius 2 is 1.83 bits per heavy atom. The maximum Gasteiger partial charge on any atom is 0.392 e. The van der Waals surface area contributed by atoms with Crippen LogP contribution in [-0.2, 0) is 0 Å². The molecular formula is C15H16F3N3O3. The first kappa shape index (κ1) is 16.7. The van der Waals surface area contributed by atoms with Crippen molar-refractivity contribution in [3.05, 3.63) is 23.8 Å². The molecule has 2 heterocycles. The number of piperidine rings is 1. The third-order valence-electron chi connectivity index (χ3n) is 5.05. The van der Waals surface area contributed by atoms with Crippen LogP contribution in [0.1, 0.15) is 46.7 Å². The third-order valence-corrected chi connectivity index (χ3v) is 5.05. The van der Waals surface area contributed by atoms with E-state index in [0.29, 0.717) is 12.8 Å². The average molecular weight is 343 g/mol. The molecule has 0 radical (unpaired) electrons. The van der Waals surface area contributed by atoms with Crippen molar-refractivity contribution in [3.8, 4) is 0 Å². The van der Waals surface area contributed by atoms with E-state index in [9.17, 15) is 22.8 Å². The molecule has 1 atom stereocenters. The predicted molar refractivity (Wildman–Crippen MR) is 75.3 cm³/mol. The van der Waals surface area contributed by atoms with Gasteiger partial charge < -0.3 is 10.0 Å². The zero-order chi connectivity index (χ0) is 17.5. The molecule has 1 unspecified atom stereocenters. The summed E-state index contributed by atoms with van der Waals surface area (Å²) in [6.07, 6.45) is -0.683. The summed E-state index contributed by atoms with van der Waals surface area (Å²) in [5.41, 5.74) is -1.24. The molecule has 0 bridgehead atoms. The van der Waals surface area contributed by atoms with Crippen molar-refractivity contribution in [2.75, 3.05) is 13.1 Å². The Kier molecular flexibility index (Phi) is 3.97. The molecule has 2 fully saturated rings. The maximum absolute atomic E-state index is 13.2. The minimum Gasteiger partial charge on any atom is -0.476 e.